The summed E-state index contributed by atoms with van der Waals surface area (Å²) in [5.41, 5.74) is 5.44. The Balaban J connectivity index is 1.39. The minimum Gasteiger partial charge on any atom is -0.385 e. The molecule has 0 saturated carbocycles. The summed E-state index contributed by atoms with van der Waals surface area (Å²) in [5, 5.41) is 6.41. The lowest BCUT2D eigenvalue weighted by Gasteiger charge is -2.12. The van der Waals surface area contributed by atoms with Gasteiger partial charge in [0.25, 0.3) is 5.91 Å². The molecule has 1 aromatic heterocycles. The van der Waals surface area contributed by atoms with Gasteiger partial charge >= 0.3 is 0 Å². The van der Waals surface area contributed by atoms with Gasteiger partial charge in [-0.05, 0) is 72.0 Å². The summed E-state index contributed by atoms with van der Waals surface area (Å²) in [6.07, 6.45) is 4.72. The van der Waals surface area contributed by atoms with Crippen molar-refractivity contribution in [1.29, 1.82) is 0 Å². The van der Waals surface area contributed by atoms with Crippen LogP contribution >= 0.6 is 11.8 Å². The highest BCUT2D eigenvalue weighted by Crippen LogP contribution is 2.27. The third-order valence-corrected chi connectivity index (χ3v) is 5.90. The van der Waals surface area contributed by atoms with Crippen molar-refractivity contribution in [1.82, 2.24) is 4.98 Å². The summed E-state index contributed by atoms with van der Waals surface area (Å²) in [6.45, 7) is 0.797. The standard InChI is InChI=1S/C27H25N3OS/c1-32-24-15-9-20(10-16-24)25-7-2-3-8-26(25)27(31)30-23-13-11-22(12-14-23)29-19-17-21-6-4-5-18-28-21/h2-16,18,29H,17,19H2,1H3,(H,30,31). The third-order valence-electron chi connectivity index (χ3n) is 5.15. The van der Waals surface area contributed by atoms with Crippen LogP contribution in [0.3, 0.4) is 0 Å². The zero-order chi connectivity index (χ0) is 22.2. The summed E-state index contributed by atoms with van der Waals surface area (Å²) in [7, 11) is 0. The van der Waals surface area contributed by atoms with Gasteiger partial charge in [-0.1, -0.05) is 36.4 Å². The van der Waals surface area contributed by atoms with E-state index in [1.807, 2.05) is 72.9 Å². The molecule has 4 aromatic rings. The van der Waals surface area contributed by atoms with Crippen molar-refractivity contribution < 1.29 is 4.79 Å². The quantitative estimate of drug-likeness (QED) is 0.313. The first kappa shape index (κ1) is 21.7. The van der Waals surface area contributed by atoms with Gasteiger partial charge in [0, 0.05) is 46.7 Å². The second kappa shape index (κ2) is 10.6. The largest absolute Gasteiger partial charge is 0.385 e. The molecule has 3 aromatic carbocycles. The van der Waals surface area contributed by atoms with Gasteiger partial charge in [0.1, 0.15) is 0 Å². The number of thioether (sulfide) groups is 1. The number of rotatable bonds is 8. The molecule has 32 heavy (non-hydrogen) atoms. The number of nitrogens with zero attached hydrogens (tertiary/aromatic N) is 1. The summed E-state index contributed by atoms with van der Waals surface area (Å²) in [5.74, 6) is -0.120. The Hall–Kier alpha value is -3.57. The molecular formula is C27H25N3OS. The maximum Gasteiger partial charge on any atom is 0.256 e. The number of aromatic nitrogens is 1. The number of pyridine rings is 1. The van der Waals surface area contributed by atoms with E-state index in [9.17, 15) is 4.79 Å². The first-order valence-electron chi connectivity index (χ1n) is 10.5. The van der Waals surface area contributed by atoms with Crippen molar-refractivity contribution in [2.45, 2.75) is 11.3 Å². The zero-order valence-electron chi connectivity index (χ0n) is 17.9. The Morgan fingerprint density at radius 3 is 2.28 bits per heavy atom. The van der Waals surface area contributed by atoms with Gasteiger partial charge in [-0.2, -0.15) is 0 Å². The Bertz CT molecular complexity index is 1160. The van der Waals surface area contributed by atoms with Crippen molar-refractivity contribution in [3.8, 4) is 11.1 Å². The number of hydrogen-bond acceptors (Lipinski definition) is 4. The smallest absolute Gasteiger partial charge is 0.256 e. The molecule has 0 atom stereocenters. The van der Waals surface area contributed by atoms with Crippen LogP contribution in [0.2, 0.25) is 0 Å². The average molecular weight is 440 g/mol. The number of amides is 1. The predicted molar refractivity (Wildman–Crippen MR) is 134 cm³/mol. The molecule has 1 heterocycles. The molecule has 0 aliphatic heterocycles. The van der Waals surface area contributed by atoms with Crippen molar-refractivity contribution >= 4 is 29.0 Å². The topological polar surface area (TPSA) is 54.0 Å². The predicted octanol–water partition coefficient (Wildman–Crippen LogP) is 6.38. The van der Waals surface area contributed by atoms with E-state index in [1.54, 1.807) is 11.8 Å². The van der Waals surface area contributed by atoms with E-state index in [0.717, 1.165) is 41.2 Å². The summed E-state index contributed by atoms with van der Waals surface area (Å²) in [6, 6.07) is 29.7. The number of carbonyl (C=O) groups is 1. The molecule has 0 fully saturated rings. The lowest BCUT2D eigenvalue weighted by atomic mass is 9.99. The maximum absolute atomic E-state index is 13.0. The summed E-state index contributed by atoms with van der Waals surface area (Å²) < 4.78 is 0. The SMILES string of the molecule is CSc1ccc(-c2ccccc2C(=O)Nc2ccc(NCCc3ccccn3)cc2)cc1. The van der Waals surface area contributed by atoms with Crippen LogP contribution in [0.15, 0.2) is 102 Å². The van der Waals surface area contributed by atoms with Gasteiger partial charge in [0.05, 0.1) is 0 Å². The Morgan fingerprint density at radius 2 is 1.56 bits per heavy atom. The molecule has 4 rings (SSSR count). The van der Waals surface area contributed by atoms with E-state index in [4.69, 9.17) is 0 Å². The highest BCUT2D eigenvalue weighted by atomic mass is 32.2. The monoisotopic (exact) mass is 439 g/mol. The molecule has 0 saturated heterocycles. The fourth-order valence-corrected chi connectivity index (χ4v) is 3.86. The van der Waals surface area contributed by atoms with Crippen molar-refractivity contribution in [2.24, 2.45) is 0 Å². The van der Waals surface area contributed by atoms with E-state index in [0.29, 0.717) is 5.56 Å². The molecule has 0 bridgehead atoms. The second-order valence-corrected chi connectivity index (χ2v) is 8.18. The molecular weight excluding hydrogens is 414 g/mol. The van der Waals surface area contributed by atoms with Gasteiger partial charge < -0.3 is 10.6 Å². The maximum atomic E-state index is 13.0. The van der Waals surface area contributed by atoms with E-state index in [-0.39, 0.29) is 5.91 Å². The lowest BCUT2D eigenvalue weighted by molar-refractivity contribution is 0.102. The molecule has 0 spiro atoms. The molecule has 5 heteroatoms. The van der Waals surface area contributed by atoms with E-state index in [2.05, 4.69) is 46.1 Å². The molecule has 0 unspecified atom stereocenters. The number of carbonyl (C=O) groups excluding carboxylic acids is 1. The van der Waals surface area contributed by atoms with Crippen molar-refractivity contribution in [2.75, 3.05) is 23.4 Å². The van der Waals surface area contributed by atoms with Crippen LogP contribution in [-0.4, -0.2) is 23.7 Å². The van der Waals surface area contributed by atoms with Crippen LogP contribution in [0.5, 0.6) is 0 Å². The number of anilines is 2. The van der Waals surface area contributed by atoms with Gasteiger partial charge in [-0.3, -0.25) is 9.78 Å². The van der Waals surface area contributed by atoms with Gasteiger partial charge in [0.2, 0.25) is 0 Å². The normalized spacial score (nSPS) is 10.5. The molecule has 4 nitrogen and oxygen atoms in total. The Labute approximate surface area is 193 Å². The van der Waals surface area contributed by atoms with Crippen LogP contribution in [0.25, 0.3) is 11.1 Å². The van der Waals surface area contributed by atoms with Gasteiger partial charge in [-0.25, -0.2) is 0 Å². The molecule has 1 amide bonds. The van der Waals surface area contributed by atoms with E-state index in [1.165, 1.54) is 4.90 Å². The second-order valence-electron chi connectivity index (χ2n) is 7.30. The Kier molecular flexibility index (Phi) is 7.20. The van der Waals surface area contributed by atoms with Crippen LogP contribution in [0, 0.1) is 0 Å². The summed E-state index contributed by atoms with van der Waals surface area (Å²) >= 11 is 1.70. The highest BCUT2D eigenvalue weighted by molar-refractivity contribution is 7.98. The molecule has 0 aliphatic carbocycles. The van der Waals surface area contributed by atoms with Crippen LogP contribution in [-0.2, 0) is 6.42 Å². The zero-order valence-corrected chi connectivity index (χ0v) is 18.7. The number of benzene rings is 3. The van der Waals surface area contributed by atoms with Crippen molar-refractivity contribution in [3.05, 3.63) is 108 Å². The first-order valence-corrected chi connectivity index (χ1v) is 11.7. The first-order chi connectivity index (χ1) is 15.7. The Morgan fingerprint density at radius 1 is 0.844 bits per heavy atom. The molecule has 0 aliphatic rings. The van der Waals surface area contributed by atoms with Crippen molar-refractivity contribution in [3.63, 3.8) is 0 Å². The minimum absolute atomic E-state index is 0.120. The average Bonchev–Trinajstić information content (AvgIpc) is 2.86. The molecule has 0 radical (unpaired) electrons. The van der Waals surface area contributed by atoms with Crippen LogP contribution in [0.1, 0.15) is 16.1 Å². The van der Waals surface area contributed by atoms with Crippen LogP contribution in [0.4, 0.5) is 11.4 Å². The summed E-state index contributed by atoms with van der Waals surface area (Å²) in [4.78, 5) is 18.5. The van der Waals surface area contributed by atoms with Gasteiger partial charge in [-0.15, -0.1) is 11.8 Å². The number of nitrogens with one attached hydrogen (secondary N) is 2. The molecule has 160 valence electrons. The van der Waals surface area contributed by atoms with Gasteiger partial charge in [0.15, 0.2) is 0 Å². The highest BCUT2D eigenvalue weighted by Gasteiger charge is 2.12. The number of hydrogen-bond donors (Lipinski definition) is 2. The fourth-order valence-electron chi connectivity index (χ4n) is 3.45. The van der Waals surface area contributed by atoms with E-state index < -0.39 is 0 Å². The van der Waals surface area contributed by atoms with E-state index >= 15 is 0 Å². The van der Waals surface area contributed by atoms with Crippen LogP contribution < -0.4 is 10.6 Å². The minimum atomic E-state index is -0.120. The molecule has 2 N–H and O–H groups in total. The lowest BCUT2D eigenvalue weighted by Crippen LogP contribution is -2.13. The third kappa shape index (κ3) is 5.56. The fraction of sp³-hybridized carbons (Fsp3) is 0.111.